The monoisotopic (exact) mass is 393 g/mol. The van der Waals surface area contributed by atoms with E-state index in [-0.39, 0.29) is 36.0 Å². The van der Waals surface area contributed by atoms with Crippen molar-refractivity contribution in [1.29, 1.82) is 0 Å². The average molecular weight is 393 g/mol. The van der Waals surface area contributed by atoms with Gasteiger partial charge in [-0.15, -0.1) is 0 Å². The fourth-order valence-corrected chi connectivity index (χ4v) is 4.50. The largest absolute Gasteiger partial charge is 0.491 e. The van der Waals surface area contributed by atoms with Crippen LogP contribution in [0.4, 0.5) is 0 Å². The minimum absolute atomic E-state index is 0.0719. The zero-order chi connectivity index (χ0) is 20.4. The first-order valence-electron chi connectivity index (χ1n) is 10.3. The number of ether oxygens (including phenoxy) is 1. The molecule has 2 bridgehead atoms. The number of fused-ring (bicyclic) bond motifs is 2. The number of benzene rings is 1. The van der Waals surface area contributed by atoms with Gasteiger partial charge in [-0.3, -0.25) is 14.6 Å². The van der Waals surface area contributed by atoms with Gasteiger partial charge >= 0.3 is 0 Å². The highest BCUT2D eigenvalue weighted by Gasteiger charge is 2.43. The Morgan fingerprint density at radius 1 is 1.00 bits per heavy atom. The van der Waals surface area contributed by atoms with E-state index >= 15 is 0 Å². The number of hydrogen-bond donors (Lipinski definition) is 1. The lowest BCUT2D eigenvalue weighted by Gasteiger charge is -2.39. The first-order chi connectivity index (χ1) is 14.0. The lowest BCUT2D eigenvalue weighted by Crippen LogP contribution is -2.52. The van der Waals surface area contributed by atoms with Crippen molar-refractivity contribution in [3.63, 3.8) is 0 Å². The number of rotatable bonds is 5. The van der Waals surface area contributed by atoms with Gasteiger partial charge in [-0.25, -0.2) is 0 Å². The van der Waals surface area contributed by atoms with E-state index < -0.39 is 0 Å². The van der Waals surface area contributed by atoms with Crippen LogP contribution in [0.1, 0.15) is 60.2 Å². The number of nitrogens with zero attached hydrogens (tertiary/aromatic N) is 2. The van der Waals surface area contributed by atoms with Crippen LogP contribution < -0.4 is 10.1 Å². The summed E-state index contributed by atoms with van der Waals surface area (Å²) in [5.41, 5.74) is 1.31. The van der Waals surface area contributed by atoms with Crippen molar-refractivity contribution in [1.82, 2.24) is 15.2 Å². The van der Waals surface area contributed by atoms with Crippen LogP contribution in [0.25, 0.3) is 0 Å². The normalized spacial score (nSPS) is 23.1. The molecule has 0 aliphatic carbocycles. The molecule has 1 aromatic heterocycles. The highest BCUT2D eigenvalue weighted by Crippen LogP contribution is 2.37. The molecule has 2 aliphatic rings. The van der Waals surface area contributed by atoms with E-state index in [9.17, 15) is 9.59 Å². The van der Waals surface area contributed by atoms with Crippen molar-refractivity contribution < 1.29 is 14.3 Å². The Morgan fingerprint density at radius 2 is 1.62 bits per heavy atom. The predicted molar refractivity (Wildman–Crippen MR) is 110 cm³/mol. The Bertz CT molecular complexity index is 853. The highest BCUT2D eigenvalue weighted by atomic mass is 16.5. The number of nitrogens with one attached hydrogen (secondary N) is 1. The topological polar surface area (TPSA) is 71.5 Å². The minimum atomic E-state index is -0.0719. The average Bonchev–Trinajstić information content (AvgIpc) is 2.98. The summed E-state index contributed by atoms with van der Waals surface area (Å²) in [5.74, 6) is 0.780. The zero-order valence-electron chi connectivity index (χ0n) is 16.9. The molecule has 152 valence electrons. The van der Waals surface area contributed by atoms with Crippen molar-refractivity contribution >= 4 is 11.8 Å². The molecule has 4 rings (SSSR count). The van der Waals surface area contributed by atoms with Crippen molar-refractivity contribution in [2.24, 2.45) is 0 Å². The Hall–Kier alpha value is -2.89. The first kappa shape index (κ1) is 19.4. The molecule has 1 aromatic carbocycles. The van der Waals surface area contributed by atoms with Crippen molar-refractivity contribution in [3.05, 3.63) is 59.9 Å². The van der Waals surface area contributed by atoms with Gasteiger partial charge in [-0.1, -0.05) is 0 Å². The van der Waals surface area contributed by atoms with E-state index in [1.54, 1.807) is 24.5 Å². The summed E-state index contributed by atoms with van der Waals surface area (Å²) in [6.07, 6.45) is 6.93. The van der Waals surface area contributed by atoms with Gasteiger partial charge in [0.05, 0.1) is 6.10 Å². The molecule has 0 radical (unpaired) electrons. The van der Waals surface area contributed by atoms with Crippen LogP contribution in [-0.4, -0.2) is 45.9 Å². The zero-order valence-corrected chi connectivity index (χ0v) is 16.9. The van der Waals surface area contributed by atoms with Crippen LogP contribution in [0.3, 0.4) is 0 Å². The van der Waals surface area contributed by atoms with Crippen molar-refractivity contribution in [2.75, 3.05) is 0 Å². The van der Waals surface area contributed by atoms with E-state index in [4.69, 9.17) is 4.74 Å². The fourth-order valence-electron chi connectivity index (χ4n) is 4.50. The van der Waals surface area contributed by atoms with Crippen LogP contribution in [0.15, 0.2) is 48.8 Å². The molecule has 1 N–H and O–H groups in total. The number of amides is 2. The summed E-state index contributed by atoms with van der Waals surface area (Å²) in [6.45, 7) is 3.96. The van der Waals surface area contributed by atoms with E-state index in [1.165, 1.54) is 0 Å². The molecule has 6 nitrogen and oxygen atoms in total. The van der Waals surface area contributed by atoms with Gasteiger partial charge in [0, 0.05) is 41.6 Å². The molecule has 2 saturated heterocycles. The highest BCUT2D eigenvalue weighted by molar-refractivity contribution is 5.95. The van der Waals surface area contributed by atoms with Gasteiger partial charge in [0.25, 0.3) is 11.8 Å². The molecule has 2 aliphatic heterocycles. The number of carbonyl (C=O) groups is 2. The molecule has 2 aromatic rings. The molecule has 6 heteroatoms. The van der Waals surface area contributed by atoms with Gasteiger partial charge in [0.1, 0.15) is 5.75 Å². The Labute approximate surface area is 171 Å². The number of pyridine rings is 1. The lowest BCUT2D eigenvalue weighted by molar-refractivity contribution is 0.0549. The molecular weight excluding hydrogens is 366 g/mol. The summed E-state index contributed by atoms with van der Waals surface area (Å²) in [7, 11) is 0. The van der Waals surface area contributed by atoms with E-state index in [2.05, 4.69) is 10.3 Å². The van der Waals surface area contributed by atoms with Gasteiger partial charge < -0.3 is 15.0 Å². The maximum atomic E-state index is 13.1. The molecule has 29 heavy (non-hydrogen) atoms. The first-order valence-corrected chi connectivity index (χ1v) is 10.3. The fraction of sp³-hybridized carbons (Fsp3) is 0.435. The van der Waals surface area contributed by atoms with Crippen LogP contribution >= 0.6 is 0 Å². The van der Waals surface area contributed by atoms with Crippen LogP contribution in [0, 0.1) is 0 Å². The second kappa shape index (κ2) is 8.23. The predicted octanol–water partition coefficient (Wildman–Crippen LogP) is 3.43. The third-order valence-electron chi connectivity index (χ3n) is 5.72. The molecule has 3 heterocycles. The SMILES string of the molecule is CC(C)Oc1ccc(C(=O)N2C3CCC2CC(NC(=O)c2ccncc2)C3)cc1. The standard InChI is InChI=1S/C23H27N3O3/c1-15(2)29-21-7-3-17(4-8-21)23(28)26-19-5-6-20(26)14-18(13-19)25-22(27)16-9-11-24-12-10-16/h3-4,7-12,15,18-20H,5-6,13-14H2,1-2H3,(H,25,27). The second-order valence-corrected chi connectivity index (χ2v) is 8.17. The van der Waals surface area contributed by atoms with E-state index in [0.717, 1.165) is 31.4 Å². The lowest BCUT2D eigenvalue weighted by atomic mass is 9.96. The molecule has 2 amide bonds. The van der Waals surface area contributed by atoms with Crippen LogP contribution in [-0.2, 0) is 0 Å². The minimum Gasteiger partial charge on any atom is -0.491 e. The summed E-state index contributed by atoms with van der Waals surface area (Å²) >= 11 is 0. The molecule has 2 unspecified atom stereocenters. The molecule has 2 atom stereocenters. The Balaban J connectivity index is 1.40. The Kier molecular flexibility index (Phi) is 5.51. The Morgan fingerprint density at radius 3 is 2.21 bits per heavy atom. The summed E-state index contributed by atoms with van der Waals surface area (Å²) in [6, 6.07) is 11.3. The molecule has 0 saturated carbocycles. The summed E-state index contributed by atoms with van der Waals surface area (Å²) in [4.78, 5) is 31.6. The summed E-state index contributed by atoms with van der Waals surface area (Å²) in [5, 5.41) is 3.14. The molecule has 0 spiro atoms. The third kappa shape index (κ3) is 4.26. The van der Waals surface area contributed by atoms with Gasteiger partial charge in [-0.2, -0.15) is 0 Å². The van der Waals surface area contributed by atoms with Crippen molar-refractivity contribution in [3.8, 4) is 5.75 Å². The van der Waals surface area contributed by atoms with Gasteiger partial charge in [0.2, 0.25) is 0 Å². The number of piperidine rings is 1. The maximum absolute atomic E-state index is 13.1. The molecule has 2 fully saturated rings. The summed E-state index contributed by atoms with van der Waals surface area (Å²) < 4.78 is 5.67. The third-order valence-corrected chi connectivity index (χ3v) is 5.72. The number of hydrogen-bond acceptors (Lipinski definition) is 4. The van der Waals surface area contributed by atoms with E-state index in [1.807, 2.05) is 43.0 Å². The quantitative estimate of drug-likeness (QED) is 0.845. The maximum Gasteiger partial charge on any atom is 0.254 e. The van der Waals surface area contributed by atoms with E-state index in [0.29, 0.717) is 11.1 Å². The van der Waals surface area contributed by atoms with Gasteiger partial charge in [0.15, 0.2) is 0 Å². The molecular formula is C23H27N3O3. The van der Waals surface area contributed by atoms with Crippen molar-refractivity contribution in [2.45, 2.75) is 63.8 Å². The van der Waals surface area contributed by atoms with Crippen LogP contribution in [0.5, 0.6) is 5.75 Å². The number of aromatic nitrogens is 1. The smallest absolute Gasteiger partial charge is 0.254 e. The van der Waals surface area contributed by atoms with Crippen LogP contribution in [0.2, 0.25) is 0 Å². The van der Waals surface area contributed by atoms with Gasteiger partial charge in [-0.05, 0) is 75.9 Å². The number of carbonyl (C=O) groups excluding carboxylic acids is 2. The second-order valence-electron chi connectivity index (χ2n) is 8.17.